The lowest BCUT2D eigenvalue weighted by atomic mass is 10.3. The molecule has 0 atom stereocenters. The first-order valence-electron chi connectivity index (χ1n) is 6.14. The summed E-state index contributed by atoms with van der Waals surface area (Å²) >= 11 is 1.67. The number of hydrogen-bond acceptors (Lipinski definition) is 4. The number of para-hydroxylation sites is 1. The Bertz CT molecular complexity index is 591. The molecule has 5 heteroatoms. The van der Waals surface area contributed by atoms with Crippen LogP contribution in [-0.4, -0.2) is 34.5 Å². The Morgan fingerprint density at radius 1 is 1.37 bits per heavy atom. The van der Waals surface area contributed by atoms with Crippen LogP contribution in [0.5, 0.6) is 0 Å². The predicted octanol–water partition coefficient (Wildman–Crippen LogP) is 2.48. The van der Waals surface area contributed by atoms with Gasteiger partial charge in [-0.2, -0.15) is 5.10 Å². The molecule has 1 saturated heterocycles. The van der Waals surface area contributed by atoms with Crippen LogP contribution in [0.3, 0.4) is 0 Å². The largest absolute Gasteiger partial charge is 0.379 e. The zero-order valence-electron chi connectivity index (χ0n) is 10.6. The summed E-state index contributed by atoms with van der Waals surface area (Å²) in [5, 5.41) is 5.81. The minimum absolute atomic E-state index is 0.414. The van der Waals surface area contributed by atoms with E-state index in [-0.39, 0.29) is 0 Å². The van der Waals surface area contributed by atoms with Crippen molar-refractivity contribution in [1.29, 1.82) is 0 Å². The van der Waals surface area contributed by atoms with Gasteiger partial charge in [-0.15, -0.1) is 0 Å². The minimum Gasteiger partial charge on any atom is -0.379 e. The molecule has 98 valence electrons. The summed E-state index contributed by atoms with van der Waals surface area (Å²) < 4.78 is 7.04. The zero-order chi connectivity index (χ0) is 13.2. The molecule has 0 aliphatic carbocycles. The van der Waals surface area contributed by atoms with Crippen molar-refractivity contribution in [2.45, 2.75) is 17.2 Å². The third-order valence-electron chi connectivity index (χ3n) is 3.07. The first kappa shape index (κ1) is 12.4. The molecule has 19 heavy (non-hydrogen) atoms. The van der Waals surface area contributed by atoms with Crippen LogP contribution in [0.4, 0.5) is 0 Å². The molecule has 1 aliphatic rings. The average molecular weight is 274 g/mol. The highest BCUT2D eigenvalue weighted by molar-refractivity contribution is 8.00. The van der Waals surface area contributed by atoms with E-state index in [4.69, 9.17) is 4.74 Å². The molecule has 0 bridgehead atoms. The monoisotopic (exact) mass is 274 g/mol. The number of rotatable bonds is 4. The second-order valence-corrected chi connectivity index (χ2v) is 5.74. The van der Waals surface area contributed by atoms with Crippen LogP contribution in [0.15, 0.2) is 35.4 Å². The molecule has 0 amide bonds. The van der Waals surface area contributed by atoms with Crippen LogP contribution >= 0.6 is 11.8 Å². The maximum Gasteiger partial charge on any atom is 0.154 e. The topological polar surface area (TPSA) is 44.1 Å². The van der Waals surface area contributed by atoms with Crippen LogP contribution in [0.1, 0.15) is 16.1 Å². The number of nitrogens with zero attached hydrogens (tertiary/aromatic N) is 2. The second kappa shape index (κ2) is 5.19. The van der Waals surface area contributed by atoms with Crippen LogP contribution in [0.25, 0.3) is 5.69 Å². The Kier molecular flexibility index (Phi) is 3.40. The maximum atomic E-state index is 11.3. The molecule has 0 saturated carbocycles. The van der Waals surface area contributed by atoms with Gasteiger partial charge in [0.2, 0.25) is 0 Å². The molecule has 0 N–H and O–H groups in total. The van der Waals surface area contributed by atoms with E-state index in [2.05, 4.69) is 5.10 Å². The highest BCUT2D eigenvalue weighted by Crippen LogP contribution is 2.33. The molecule has 1 aromatic carbocycles. The van der Waals surface area contributed by atoms with Crippen molar-refractivity contribution >= 4 is 18.0 Å². The number of aryl methyl sites for hydroxylation is 1. The molecule has 0 unspecified atom stereocenters. The molecule has 2 heterocycles. The van der Waals surface area contributed by atoms with Crippen molar-refractivity contribution in [2.75, 3.05) is 13.2 Å². The van der Waals surface area contributed by atoms with E-state index in [0.717, 1.165) is 35.9 Å². The Labute approximate surface area is 115 Å². The van der Waals surface area contributed by atoms with Crippen molar-refractivity contribution in [3.05, 3.63) is 41.6 Å². The van der Waals surface area contributed by atoms with Gasteiger partial charge in [0, 0.05) is 0 Å². The number of aldehydes is 1. The molecule has 0 radical (unpaired) electrons. The van der Waals surface area contributed by atoms with Crippen molar-refractivity contribution in [2.24, 2.45) is 0 Å². The minimum atomic E-state index is 0.414. The molecule has 1 fully saturated rings. The smallest absolute Gasteiger partial charge is 0.154 e. The zero-order valence-corrected chi connectivity index (χ0v) is 11.4. The van der Waals surface area contributed by atoms with Gasteiger partial charge in [0.15, 0.2) is 6.29 Å². The number of benzene rings is 1. The fourth-order valence-corrected chi connectivity index (χ4v) is 3.16. The summed E-state index contributed by atoms with van der Waals surface area (Å²) in [7, 11) is 0. The summed E-state index contributed by atoms with van der Waals surface area (Å²) in [5.41, 5.74) is 2.42. The van der Waals surface area contributed by atoms with Gasteiger partial charge in [-0.1, -0.05) is 30.0 Å². The maximum absolute atomic E-state index is 11.3. The standard InChI is InChI=1S/C14H14N2O2S/c1-10-13(7-17)14(19-12-8-18-9-12)16(15-10)11-5-3-2-4-6-11/h2-7,12H,8-9H2,1H3. The van der Waals surface area contributed by atoms with Gasteiger partial charge < -0.3 is 4.74 Å². The van der Waals surface area contributed by atoms with Crippen LogP contribution in [0.2, 0.25) is 0 Å². The number of hydrogen-bond donors (Lipinski definition) is 0. The lowest BCUT2D eigenvalue weighted by molar-refractivity contribution is 0.0454. The highest BCUT2D eigenvalue weighted by Gasteiger charge is 2.25. The molecule has 1 aliphatic heterocycles. The number of thioether (sulfide) groups is 1. The fraction of sp³-hybridized carbons (Fsp3) is 0.286. The van der Waals surface area contributed by atoms with E-state index in [1.54, 1.807) is 11.8 Å². The summed E-state index contributed by atoms with van der Waals surface area (Å²) in [5.74, 6) is 0. The SMILES string of the molecule is Cc1nn(-c2ccccc2)c(SC2COC2)c1C=O. The first-order chi connectivity index (χ1) is 9.29. The van der Waals surface area contributed by atoms with Gasteiger partial charge in [-0.3, -0.25) is 4.79 Å². The van der Waals surface area contributed by atoms with E-state index in [9.17, 15) is 4.79 Å². The lowest BCUT2D eigenvalue weighted by Gasteiger charge is -2.25. The quantitative estimate of drug-likeness (QED) is 0.803. The van der Waals surface area contributed by atoms with Crippen molar-refractivity contribution in [1.82, 2.24) is 9.78 Å². The Morgan fingerprint density at radius 2 is 2.11 bits per heavy atom. The molecular weight excluding hydrogens is 260 g/mol. The van der Waals surface area contributed by atoms with E-state index < -0.39 is 0 Å². The number of ether oxygens (including phenoxy) is 1. The third-order valence-corrected chi connectivity index (χ3v) is 4.29. The summed E-state index contributed by atoms with van der Waals surface area (Å²) in [6.07, 6.45) is 0.892. The summed E-state index contributed by atoms with van der Waals surface area (Å²) in [6.45, 7) is 3.34. The van der Waals surface area contributed by atoms with Crippen LogP contribution in [-0.2, 0) is 4.74 Å². The Balaban J connectivity index is 2.05. The third kappa shape index (κ3) is 2.31. The summed E-state index contributed by atoms with van der Waals surface area (Å²) in [4.78, 5) is 11.3. The van der Waals surface area contributed by atoms with Gasteiger partial charge >= 0.3 is 0 Å². The van der Waals surface area contributed by atoms with Crippen LogP contribution < -0.4 is 0 Å². The van der Waals surface area contributed by atoms with E-state index in [0.29, 0.717) is 10.8 Å². The van der Waals surface area contributed by atoms with Gasteiger partial charge in [-0.05, 0) is 19.1 Å². The number of carbonyl (C=O) groups is 1. The fourth-order valence-electron chi connectivity index (χ4n) is 1.95. The first-order valence-corrected chi connectivity index (χ1v) is 7.02. The molecule has 3 rings (SSSR count). The Hall–Kier alpha value is -1.59. The van der Waals surface area contributed by atoms with Gasteiger partial charge in [-0.25, -0.2) is 4.68 Å². The molecule has 0 spiro atoms. The molecule has 1 aromatic heterocycles. The van der Waals surface area contributed by atoms with E-state index >= 15 is 0 Å². The van der Waals surface area contributed by atoms with Crippen molar-refractivity contribution < 1.29 is 9.53 Å². The van der Waals surface area contributed by atoms with Crippen molar-refractivity contribution in [3.63, 3.8) is 0 Å². The predicted molar refractivity (Wildman–Crippen MR) is 74.2 cm³/mol. The van der Waals surface area contributed by atoms with E-state index in [1.807, 2.05) is 41.9 Å². The number of carbonyl (C=O) groups excluding carboxylic acids is 1. The Morgan fingerprint density at radius 3 is 2.68 bits per heavy atom. The van der Waals surface area contributed by atoms with E-state index in [1.165, 1.54) is 0 Å². The highest BCUT2D eigenvalue weighted by atomic mass is 32.2. The molecular formula is C14H14N2O2S. The van der Waals surface area contributed by atoms with Gasteiger partial charge in [0.05, 0.1) is 35.4 Å². The van der Waals surface area contributed by atoms with Gasteiger partial charge in [0.25, 0.3) is 0 Å². The van der Waals surface area contributed by atoms with Gasteiger partial charge in [0.1, 0.15) is 5.03 Å². The number of aromatic nitrogens is 2. The second-order valence-electron chi connectivity index (χ2n) is 4.45. The van der Waals surface area contributed by atoms with Crippen molar-refractivity contribution in [3.8, 4) is 5.69 Å². The van der Waals surface area contributed by atoms with Crippen LogP contribution in [0, 0.1) is 6.92 Å². The summed E-state index contributed by atoms with van der Waals surface area (Å²) in [6, 6.07) is 9.87. The molecule has 2 aromatic rings. The molecule has 4 nitrogen and oxygen atoms in total. The average Bonchev–Trinajstić information content (AvgIpc) is 2.71. The normalized spacial score (nSPS) is 15.2. The lowest BCUT2D eigenvalue weighted by Crippen LogP contribution is -2.30.